The molecule has 2 atom stereocenters. The van der Waals surface area contributed by atoms with Crippen molar-refractivity contribution in [2.24, 2.45) is 5.73 Å². The first-order chi connectivity index (χ1) is 10.4. The standard InChI is InChI=1S/C19H24N2O.ClH/c1-12-5-7-16(8-6-12)18(20)19(22)21-15(4)17-10-13(2)9-14(3)11-17;/h5-11,15,18H,20H2,1-4H3,(H,21,22);1H. The summed E-state index contributed by atoms with van der Waals surface area (Å²) < 4.78 is 0. The Morgan fingerprint density at radius 3 is 1.96 bits per heavy atom. The van der Waals surface area contributed by atoms with Crippen LogP contribution in [0.1, 0.15) is 46.8 Å². The largest absolute Gasteiger partial charge is 0.348 e. The van der Waals surface area contributed by atoms with Gasteiger partial charge in [-0.1, -0.05) is 59.2 Å². The first kappa shape index (κ1) is 19.2. The average Bonchev–Trinajstić information content (AvgIpc) is 2.46. The van der Waals surface area contributed by atoms with Crippen LogP contribution < -0.4 is 11.1 Å². The molecular weight excluding hydrogens is 308 g/mol. The zero-order valence-corrected chi connectivity index (χ0v) is 14.9. The van der Waals surface area contributed by atoms with Crippen molar-refractivity contribution in [1.29, 1.82) is 0 Å². The molecule has 4 heteroatoms. The highest BCUT2D eigenvalue weighted by molar-refractivity contribution is 5.85. The SMILES string of the molecule is Cc1ccc(C(N)C(=O)NC(C)c2cc(C)cc(C)c2)cc1.Cl. The molecular formula is C19H25ClN2O. The molecule has 0 radical (unpaired) electrons. The van der Waals surface area contributed by atoms with Crippen LogP contribution in [-0.2, 0) is 4.79 Å². The number of carbonyl (C=O) groups excluding carboxylic acids is 1. The van der Waals surface area contributed by atoms with Crippen molar-refractivity contribution < 1.29 is 4.79 Å². The number of nitrogens with two attached hydrogens (primary N) is 1. The number of amides is 1. The van der Waals surface area contributed by atoms with Crippen LogP contribution in [0.4, 0.5) is 0 Å². The second-order valence-electron chi connectivity index (χ2n) is 6.04. The highest BCUT2D eigenvalue weighted by Crippen LogP contribution is 2.18. The quantitative estimate of drug-likeness (QED) is 0.891. The fraction of sp³-hybridized carbons (Fsp3) is 0.316. The number of benzene rings is 2. The molecule has 0 spiro atoms. The van der Waals surface area contributed by atoms with Crippen LogP contribution >= 0.6 is 12.4 Å². The van der Waals surface area contributed by atoms with E-state index >= 15 is 0 Å². The van der Waals surface area contributed by atoms with Gasteiger partial charge >= 0.3 is 0 Å². The lowest BCUT2D eigenvalue weighted by atomic mass is 10.0. The van der Waals surface area contributed by atoms with Gasteiger partial charge in [-0.3, -0.25) is 4.79 Å². The molecule has 0 aromatic heterocycles. The van der Waals surface area contributed by atoms with Crippen molar-refractivity contribution in [3.8, 4) is 0 Å². The zero-order valence-electron chi connectivity index (χ0n) is 14.1. The topological polar surface area (TPSA) is 55.1 Å². The van der Waals surface area contributed by atoms with E-state index in [1.807, 2.05) is 38.1 Å². The Balaban J connectivity index is 0.00000264. The molecule has 0 saturated heterocycles. The lowest BCUT2D eigenvalue weighted by Crippen LogP contribution is -2.35. The third-order valence-corrected chi connectivity index (χ3v) is 3.82. The van der Waals surface area contributed by atoms with Gasteiger partial charge in [0.1, 0.15) is 6.04 Å². The van der Waals surface area contributed by atoms with Gasteiger partial charge in [-0.2, -0.15) is 0 Å². The fourth-order valence-corrected chi connectivity index (χ4v) is 2.57. The molecule has 3 N–H and O–H groups in total. The van der Waals surface area contributed by atoms with Crippen LogP contribution in [0.2, 0.25) is 0 Å². The maximum atomic E-state index is 12.3. The molecule has 2 aromatic carbocycles. The number of hydrogen-bond acceptors (Lipinski definition) is 2. The van der Waals surface area contributed by atoms with Gasteiger partial charge in [0.15, 0.2) is 0 Å². The maximum absolute atomic E-state index is 12.3. The molecule has 0 fully saturated rings. The summed E-state index contributed by atoms with van der Waals surface area (Å²) in [6.07, 6.45) is 0. The van der Waals surface area contributed by atoms with Crippen LogP contribution in [-0.4, -0.2) is 5.91 Å². The van der Waals surface area contributed by atoms with E-state index < -0.39 is 6.04 Å². The molecule has 0 saturated carbocycles. The third-order valence-electron chi connectivity index (χ3n) is 3.82. The van der Waals surface area contributed by atoms with Crippen LogP contribution in [0.5, 0.6) is 0 Å². The van der Waals surface area contributed by atoms with Crippen LogP contribution in [0, 0.1) is 20.8 Å². The number of aryl methyl sites for hydroxylation is 3. The van der Waals surface area contributed by atoms with Crippen molar-refractivity contribution in [3.05, 3.63) is 70.3 Å². The van der Waals surface area contributed by atoms with E-state index in [1.54, 1.807) is 0 Å². The van der Waals surface area contributed by atoms with E-state index in [2.05, 4.69) is 37.4 Å². The molecule has 23 heavy (non-hydrogen) atoms. The van der Waals surface area contributed by atoms with Gasteiger partial charge < -0.3 is 11.1 Å². The molecule has 0 aliphatic carbocycles. The maximum Gasteiger partial charge on any atom is 0.241 e. The average molecular weight is 333 g/mol. The summed E-state index contributed by atoms with van der Waals surface area (Å²) in [6, 6.07) is 13.3. The van der Waals surface area contributed by atoms with Crippen molar-refractivity contribution in [2.45, 2.75) is 39.8 Å². The smallest absolute Gasteiger partial charge is 0.241 e. The second-order valence-corrected chi connectivity index (χ2v) is 6.04. The Morgan fingerprint density at radius 2 is 1.43 bits per heavy atom. The number of carbonyl (C=O) groups is 1. The molecule has 2 unspecified atom stereocenters. The Morgan fingerprint density at radius 1 is 0.913 bits per heavy atom. The summed E-state index contributed by atoms with van der Waals surface area (Å²) in [5.41, 5.74) is 11.5. The number of rotatable bonds is 4. The second kappa shape index (κ2) is 8.14. The zero-order chi connectivity index (χ0) is 16.3. The van der Waals surface area contributed by atoms with Crippen molar-refractivity contribution in [3.63, 3.8) is 0 Å². The van der Waals surface area contributed by atoms with Crippen molar-refractivity contribution >= 4 is 18.3 Å². The van der Waals surface area contributed by atoms with Gasteiger partial charge in [0.25, 0.3) is 0 Å². The van der Waals surface area contributed by atoms with E-state index in [0.717, 1.165) is 16.7 Å². The van der Waals surface area contributed by atoms with Crippen molar-refractivity contribution in [2.75, 3.05) is 0 Å². The lowest BCUT2D eigenvalue weighted by Gasteiger charge is -2.19. The molecule has 2 aromatic rings. The number of nitrogens with one attached hydrogen (secondary N) is 1. The van der Waals surface area contributed by atoms with E-state index in [1.165, 1.54) is 11.1 Å². The van der Waals surface area contributed by atoms with Crippen molar-refractivity contribution in [1.82, 2.24) is 5.32 Å². The Labute approximate surface area is 144 Å². The van der Waals surface area contributed by atoms with Crippen LogP contribution in [0.15, 0.2) is 42.5 Å². The predicted molar refractivity (Wildman–Crippen MR) is 97.8 cm³/mol. The van der Waals surface area contributed by atoms with Gasteiger partial charge in [-0.25, -0.2) is 0 Å². The summed E-state index contributed by atoms with van der Waals surface area (Å²) in [6.45, 7) is 8.11. The number of halogens is 1. The van der Waals surface area contributed by atoms with E-state index in [9.17, 15) is 4.79 Å². The normalized spacial score (nSPS) is 12.9. The Hall–Kier alpha value is -1.84. The minimum Gasteiger partial charge on any atom is -0.348 e. The van der Waals surface area contributed by atoms with E-state index in [0.29, 0.717) is 0 Å². The van der Waals surface area contributed by atoms with E-state index in [-0.39, 0.29) is 24.4 Å². The predicted octanol–water partition coefficient (Wildman–Crippen LogP) is 3.91. The minimum atomic E-state index is -0.644. The molecule has 0 heterocycles. The molecule has 0 aliphatic heterocycles. The summed E-state index contributed by atoms with van der Waals surface area (Å²) in [5.74, 6) is -0.157. The summed E-state index contributed by atoms with van der Waals surface area (Å²) in [7, 11) is 0. The highest BCUT2D eigenvalue weighted by atomic mass is 35.5. The Bertz CT molecular complexity index is 647. The minimum absolute atomic E-state index is 0. The molecule has 1 amide bonds. The first-order valence-corrected chi connectivity index (χ1v) is 7.57. The van der Waals surface area contributed by atoms with Crippen LogP contribution in [0.3, 0.4) is 0 Å². The molecule has 2 rings (SSSR count). The third kappa shape index (κ3) is 5.08. The highest BCUT2D eigenvalue weighted by Gasteiger charge is 2.18. The van der Waals surface area contributed by atoms with E-state index in [4.69, 9.17) is 5.73 Å². The van der Waals surface area contributed by atoms with Gasteiger partial charge in [0, 0.05) is 0 Å². The van der Waals surface area contributed by atoms with Gasteiger partial charge in [0.2, 0.25) is 5.91 Å². The summed E-state index contributed by atoms with van der Waals surface area (Å²) in [4.78, 5) is 12.3. The van der Waals surface area contributed by atoms with Gasteiger partial charge in [0.05, 0.1) is 6.04 Å². The van der Waals surface area contributed by atoms with Gasteiger partial charge in [-0.05, 0) is 38.8 Å². The van der Waals surface area contributed by atoms with Gasteiger partial charge in [-0.15, -0.1) is 12.4 Å². The molecule has 0 aliphatic rings. The number of hydrogen-bond donors (Lipinski definition) is 2. The molecule has 0 bridgehead atoms. The fourth-order valence-electron chi connectivity index (χ4n) is 2.57. The Kier molecular flexibility index (Phi) is 6.79. The summed E-state index contributed by atoms with van der Waals surface area (Å²) in [5, 5.41) is 3.00. The summed E-state index contributed by atoms with van der Waals surface area (Å²) >= 11 is 0. The first-order valence-electron chi connectivity index (χ1n) is 7.57. The molecule has 3 nitrogen and oxygen atoms in total. The lowest BCUT2D eigenvalue weighted by molar-refractivity contribution is -0.123. The monoisotopic (exact) mass is 332 g/mol. The molecule has 124 valence electrons. The van der Waals surface area contributed by atoms with Crippen LogP contribution in [0.25, 0.3) is 0 Å².